The fraction of sp³-hybridized carbons (Fsp3) is 0.588. The monoisotopic (exact) mass is 287 g/mol. The zero-order valence-electron chi connectivity index (χ0n) is 13.1. The van der Waals surface area contributed by atoms with Gasteiger partial charge in [0, 0.05) is 12.1 Å². The molecule has 1 aromatic heterocycles. The number of hydrogen-bond acceptors (Lipinski definition) is 3. The first-order valence-corrected chi connectivity index (χ1v) is 8.08. The second kappa shape index (κ2) is 6.48. The molecule has 4 nitrogen and oxygen atoms in total. The maximum absolute atomic E-state index is 5.54. The van der Waals surface area contributed by atoms with Gasteiger partial charge in [0.2, 0.25) is 0 Å². The van der Waals surface area contributed by atoms with E-state index in [0.29, 0.717) is 12.6 Å². The summed E-state index contributed by atoms with van der Waals surface area (Å²) in [6, 6.07) is 6.77. The summed E-state index contributed by atoms with van der Waals surface area (Å²) in [7, 11) is 2.22. The van der Waals surface area contributed by atoms with Gasteiger partial charge in [0.25, 0.3) is 0 Å². The van der Waals surface area contributed by atoms with Crippen molar-refractivity contribution in [3.05, 3.63) is 24.0 Å². The molecule has 0 radical (unpaired) electrons. The average Bonchev–Trinajstić information content (AvgIpc) is 2.90. The van der Waals surface area contributed by atoms with E-state index in [0.717, 1.165) is 29.2 Å². The Hall–Kier alpha value is -1.55. The van der Waals surface area contributed by atoms with Gasteiger partial charge in [-0.3, -0.25) is 4.90 Å². The van der Waals surface area contributed by atoms with Crippen LogP contribution < -0.4 is 4.74 Å². The molecule has 1 aliphatic carbocycles. The Bertz CT molecular complexity index is 587. The molecule has 1 aromatic carbocycles. The molecule has 0 bridgehead atoms. The van der Waals surface area contributed by atoms with Crippen LogP contribution in [0.25, 0.3) is 11.0 Å². The molecule has 0 saturated heterocycles. The van der Waals surface area contributed by atoms with Crippen molar-refractivity contribution in [1.82, 2.24) is 14.9 Å². The Morgan fingerprint density at radius 3 is 2.86 bits per heavy atom. The topological polar surface area (TPSA) is 41.1 Å². The number of aromatic nitrogens is 2. The maximum Gasteiger partial charge on any atom is 0.121 e. The molecule has 0 unspecified atom stereocenters. The van der Waals surface area contributed by atoms with Crippen molar-refractivity contribution in [2.24, 2.45) is 0 Å². The van der Waals surface area contributed by atoms with E-state index < -0.39 is 0 Å². The van der Waals surface area contributed by atoms with Crippen LogP contribution in [0.15, 0.2) is 18.2 Å². The molecular weight excluding hydrogens is 262 g/mol. The highest BCUT2D eigenvalue weighted by Crippen LogP contribution is 2.24. The third-order valence-electron chi connectivity index (χ3n) is 4.41. The first-order chi connectivity index (χ1) is 10.3. The normalized spacial score (nSPS) is 16.7. The van der Waals surface area contributed by atoms with Crippen LogP contribution in [0.3, 0.4) is 0 Å². The van der Waals surface area contributed by atoms with Crippen LogP contribution in [0.1, 0.15) is 44.9 Å². The van der Waals surface area contributed by atoms with Crippen molar-refractivity contribution >= 4 is 11.0 Å². The minimum absolute atomic E-state index is 0.691. The van der Waals surface area contributed by atoms with Gasteiger partial charge in [-0.25, -0.2) is 4.98 Å². The van der Waals surface area contributed by atoms with E-state index in [4.69, 9.17) is 9.72 Å². The first-order valence-electron chi connectivity index (χ1n) is 8.08. The van der Waals surface area contributed by atoms with Crippen LogP contribution in [-0.2, 0) is 6.54 Å². The van der Waals surface area contributed by atoms with E-state index in [1.807, 2.05) is 25.1 Å². The second-order valence-corrected chi connectivity index (χ2v) is 6.00. The molecule has 1 N–H and O–H groups in total. The summed E-state index contributed by atoms with van der Waals surface area (Å²) in [6.45, 7) is 3.59. The summed E-state index contributed by atoms with van der Waals surface area (Å²) in [5.41, 5.74) is 2.08. The number of hydrogen-bond donors (Lipinski definition) is 1. The molecule has 2 aromatic rings. The van der Waals surface area contributed by atoms with Crippen molar-refractivity contribution in [3.63, 3.8) is 0 Å². The molecule has 0 atom stereocenters. The quantitative estimate of drug-likeness (QED) is 0.911. The van der Waals surface area contributed by atoms with Gasteiger partial charge in [0.15, 0.2) is 0 Å². The molecule has 0 aliphatic heterocycles. The van der Waals surface area contributed by atoms with Gasteiger partial charge in [-0.05, 0) is 38.9 Å². The zero-order chi connectivity index (χ0) is 14.7. The van der Waals surface area contributed by atoms with Crippen LogP contribution in [0.2, 0.25) is 0 Å². The predicted molar refractivity (Wildman–Crippen MR) is 85.6 cm³/mol. The largest absolute Gasteiger partial charge is 0.494 e. The van der Waals surface area contributed by atoms with Gasteiger partial charge in [-0.2, -0.15) is 0 Å². The van der Waals surface area contributed by atoms with E-state index in [1.54, 1.807) is 0 Å². The minimum Gasteiger partial charge on any atom is -0.494 e. The summed E-state index contributed by atoms with van der Waals surface area (Å²) in [6.07, 6.45) is 6.78. The number of fused-ring (bicyclic) bond motifs is 1. The van der Waals surface area contributed by atoms with E-state index in [2.05, 4.69) is 16.9 Å². The van der Waals surface area contributed by atoms with Crippen molar-refractivity contribution < 1.29 is 4.74 Å². The van der Waals surface area contributed by atoms with Crippen LogP contribution in [0.4, 0.5) is 0 Å². The van der Waals surface area contributed by atoms with Gasteiger partial charge in [0.1, 0.15) is 11.6 Å². The summed E-state index contributed by atoms with van der Waals surface area (Å²) < 4.78 is 5.54. The van der Waals surface area contributed by atoms with Crippen molar-refractivity contribution in [2.75, 3.05) is 13.7 Å². The van der Waals surface area contributed by atoms with Gasteiger partial charge in [0.05, 0.1) is 24.2 Å². The summed E-state index contributed by atoms with van der Waals surface area (Å²) in [5, 5.41) is 0. The number of aromatic amines is 1. The maximum atomic E-state index is 5.54. The molecular formula is C17H25N3O. The van der Waals surface area contributed by atoms with E-state index in [-0.39, 0.29) is 0 Å². The van der Waals surface area contributed by atoms with Gasteiger partial charge >= 0.3 is 0 Å². The third-order valence-corrected chi connectivity index (χ3v) is 4.41. The number of nitrogens with one attached hydrogen (secondary N) is 1. The van der Waals surface area contributed by atoms with E-state index >= 15 is 0 Å². The Kier molecular flexibility index (Phi) is 4.44. The van der Waals surface area contributed by atoms with Crippen LogP contribution in [-0.4, -0.2) is 34.6 Å². The van der Waals surface area contributed by atoms with Crippen molar-refractivity contribution in [3.8, 4) is 5.75 Å². The minimum atomic E-state index is 0.691. The van der Waals surface area contributed by atoms with Crippen LogP contribution in [0.5, 0.6) is 5.75 Å². The number of ether oxygens (including phenoxy) is 1. The average molecular weight is 287 g/mol. The lowest BCUT2D eigenvalue weighted by Gasteiger charge is -2.30. The van der Waals surface area contributed by atoms with Gasteiger partial charge < -0.3 is 9.72 Å². The summed E-state index contributed by atoms with van der Waals surface area (Å²) >= 11 is 0. The summed E-state index contributed by atoms with van der Waals surface area (Å²) in [4.78, 5) is 10.6. The molecule has 114 valence electrons. The van der Waals surface area contributed by atoms with Crippen LogP contribution >= 0.6 is 0 Å². The number of imidazole rings is 1. The van der Waals surface area contributed by atoms with Crippen molar-refractivity contribution in [1.29, 1.82) is 0 Å². The Labute approximate surface area is 126 Å². The Morgan fingerprint density at radius 2 is 2.10 bits per heavy atom. The molecule has 4 heteroatoms. The number of H-pyrrole nitrogens is 1. The predicted octanol–water partition coefficient (Wildman–Crippen LogP) is 3.73. The zero-order valence-corrected chi connectivity index (χ0v) is 13.1. The molecule has 21 heavy (non-hydrogen) atoms. The Balaban J connectivity index is 1.71. The molecule has 1 saturated carbocycles. The van der Waals surface area contributed by atoms with E-state index in [9.17, 15) is 0 Å². The van der Waals surface area contributed by atoms with Gasteiger partial charge in [-0.15, -0.1) is 0 Å². The molecule has 0 amide bonds. The molecule has 1 heterocycles. The number of benzene rings is 1. The fourth-order valence-electron chi connectivity index (χ4n) is 3.26. The Morgan fingerprint density at radius 1 is 1.29 bits per heavy atom. The molecule has 0 spiro atoms. The third kappa shape index (κ3) is 3.38. The highest BCUT2D eigenvalue weighted by atomic mass is 16.5. The lowest BCUT2D eigenvalue weighted by atomic mass is 9.94. The number of nitrogens with zero attached hydrogens (tertiary/aromatic N) is 2. The lowest BCUT2D eigenvalue weighted by molar-refractivity contribution is 0.181. The second-order valence-electron chi connectivity index (χ2n) is 6.00. The fourth-order valence-corrected chi connectivity index (χ4v) is 3.26. The first kappa shape index (κ1) is 14.4. The van der Waals surface area contributed by atoms with E-state index in [1.165, 1.54) is 32.1 Å². The molecule has 3 rings (SSSR count). The highest BCUT2D eigenvalue weighted by Gasteiger charge is 2.19. The lowest BCUT2D eigenvalue weighted by Crippen LogP contribution is -2.33. The van der Waals surface area contributed by atoms with Crippen LogP contribution in [0, 0.1) is 0 Å². The van der Waals surface area contributed by atoms with Crippen molar-refractivity contribution in [2.45, 2.75) is 51.6 Å². The summed E-state index contributed by atoms with van der Waals surface area (Å²) in [5.74, 6) is 1.95. The molecule has 1 fully saturated rings. The standard InChI is InChI=1S/C17H25N3O/c1-3-21-14-9-10-15-16(11-14)19-17(18-15)12-20(2)13-7-5-4-6-8-13/h9-11,13H,3-8,12H2,1-2H3,(H,18,19). The number of rotatable bonds is 5. The van der Waals surface area contributed by atoms with Gasteiger partial charge in [-0.1, -0.05) is 19.3 Å². The SMILES string of the molecule is CCOc1ccc2nc(CN(C)C3CCCCC3)[nH]c2c1. The molecule has 1 aliphatic rings. The smallest absolute Gasteiger partial charge is 0.121 e. The highest BCUT2D eigenvalue weighted by molar-refractivity contribution is 5.76.